The average molecular weight is 249 g/mol. The fourth-order valence-electron chi connectivity index (χ4n) is 1.42. The molecule has 0 unspecified atom stereocenters. The first-order valence-electron chi connectivity index (χ1n) is 5.61. The SMILES string of the molecule is CCOC(=O)CC=Cc1cc([N+](=O)[O-])ccc1C. The molecule has 96 valence electrons. The molecule has 0 aliphatic heterocycles. The van der Waals surface area contributed by atoms with Crippen molar-refractivity contribution in [2.45, 2.75) is 20.3 Å². The van der Waals surface area contributed by atoms with Crippen LogP contribution in [0.2, 0.25) is 0 Å². The van der Waals surface area contributed by atoms with E-state index in [4.69, 9.17) is 4.74 Å². The molecule has 0 saturated carbocycles. The van der Waals surface area contributed by atoms with Crippen molar-refractivity contribution in [1.29, 1.82) is 0 Å². The molecule has 0 saturated heterocycles. The number of non-ortho nitro benzene ring substituents is 1. The van der Waals surface area contributed by atoms with Crippen LogP contribution in [-0.4, -0.2) is 17.5 Å². The number of rotatable bonds is 5. The molecule has 1 aromatic rings. The Labute approximate surface area is 105 Å². The Balaban J connectivity index is 2.77. The highest BCUT2D eigenvalue weighted by Gasteiger charge is 2.06. The summed E-state index contributed by atoms with van der Waals surface area (Å²) in [5.41, 5.74) is 1.69. The van der Waals surface area contributed by atoms with E-state index in [1.807, 2.05) is 6.92 Å². The minimum absolute atomic E-state index is 0.0383. The Morgan fingerprint density at radius 3 is 2.83 bits per heavy atom. The molecule has 0 aliphatic rings. The highest BCUT2D eigenvalue weighted by molar-refractivity contribution is 5.73. The van der Waals surface area contributed by atoms with E-state index in [1.165, 1.54) is 12.1 Å². The van der Waals surface area contributed by atoms with Gasteiger partial charge < -0.3 is 4.74 Å². The van der Waals surface area contributed by atoms with Gasteiger partial charge in [-0.15, -0.1) is 0 Å². The largest absolute Gasteiger partial charge is 0.466 e. The van der Waals surface area contributed by atoms with Crippen molar-refractivity contribution in [3.8, 4) is 0 Å². The number of hydrogen-bond donors (Lipinski definition) is 0. The molecule has 0 aromatic heterocycles. The van der Waals surface area contributed by atoms with E-state index in [2.05, 4.69) is 0 Å². The predicted molar refractivity (Wildman–Crippen MR) is 68.1 cm³/mol. The van der Waals surface area contributed by atoms with Crippen molar-refractivity contribution in [2.24, 2.45) is 0 Å². The first-order chi connectivity index (χ1) is 8.54. The number of ether oxygens (including phenoxy) is 1. The lowest BCUT2D eigenvalue weighted by molar-refractivity contribution is -0.384. The topological polar surface area (TPSA) is 69.4 Å². The third-order valence-corrected chi connectivity index (χ3v) is 2.36. The van der Waals surface area contributed by atoms with E-state index >= 15 is 0 Å². The summed E-state index contributed by atoms with van der Waals surface area (Å²) in [4.78, 5) is 21.3. The molecule has 1 aromatic carbocycles. The number of nitrogens with zero attached hydrogens (tertiary/aromatic N) is 1. The number of nitro benzene ring substituents is 1. The second-order valence-corrected chi connectivity index (χ2v) is 3.71. The van der Waals surface area contributed by atoms with Crippen LogP contribution in [-0.2, 0) is 9.53 Å². The van der Waals surface area contributed by atoms with E-state index in [-0.39, 0.29) is 18.1 Å². The van der Waals surface area contributed by atoms with Crippen molar-refractivity contribution < 1.29 is 14.5 Å². The molecule has 0 radical (unpaired) electrons. The van der Waals surface area contributed by atoms with Crippen LogP contribution in [0.4, 0.5) is 5.69 Å². The fourth-order valence-corrected chi connectivity index (χ4v) is 1.42. The van der Waals surface area contributed by atoms with Crippen LogP contribution >= 0.6 is 0 Å². The van der Waals surface area contributed by atoms with E-state index in [0.717, 1.165) is 11.1 Å². The van der Waals surface area contributed by atoms with Gasteiger partial charge in [-0.25, -0.2) is 0 Å². The lowest BCUT2D eigenvalue weighted by Gasteiger charge is -2.00. The molecule has 0 aliphatic carbocycles. The molecule has 0 N–H and O–H groups in total. The zero-order valence-electron chi connectivity index (χ0n) is 10.4. The standard InChI is InChI=1S/C13H15NO4/c1-3-18-13(15)6-4-5-11-9-12(14(16)17)8-7-10(11)2/h4-5,7-9H,3,6H2,1-2H3. The molecule has 0 fully saturated rings. The number of carbonyl (C=O) groups excluding carboxylic acids is 1. The van der Waals surface area contributed by atoms with E-state index in [9.17, 15) is 14.9 Å². The maximum Gasteiger partial charge on any atom is 0.309 e. The maximum absolute atomic E-state index is 11.1. The minimum Gasteiger partial charge on any atom is -0.466 e. The van der Waals surface area contributed by atoms with Crippen molar-refractivity contribution >= 4 is 17.7 Å². The first-order valence-corrected chi connectivity index (χ1v) is 5.61. The highest BCUT2D eigenvalue weighted by atomic mass is 16.6. The summed E-state index contributed by atoms with van der Waals surface area (Å²) in [6, 6.07) is 4.62. The lowest BCUT2D eigenvalue weighted by Crippen LogP contribution is -2.01. The Hall–Kier alpha value is -2.17. The van der Waals surface area contributed by atoms with Gasteiger partial charge >= 0.3 is 5.97 Å². The Morgan fingerprint density at radius 1 is 1.50 bits per heavy atom. The Bertz CT molecular complexity index is 480. The third kappa shape index (κ3) is 4.01. The van der Waals surface area contributed by atoms with Crippen LogP contribution < -0.4 is 0 Å². The monoisotopic (exact) mass is 249 g/mol. The molecule has 1 rings (SSSR count). The molecule has 0 atom stereocenters. The summed E-state index contributed by atoms with van der Waals surface area (Å²) in [5.74, 6) is -0.308. The molecular weight excluding hydrogens is 234 g/mol. The second kappa shape index (κ2) is 6.54. The van der Waals surface area contributed by atoms with Crippen molar-refractivity contribution in [3.05, 3.63) is 45.5 Å². The van der Waals surface area contributed by atoms with Crippen molar-refractivity contribution in [1.82, 2.24) is 0 Å². The van der Waals surface area contributed by atoms with Crippen LogP contribution in [0.1, 0.15) is 24.5 Å². The van der Waals surface area contributed by atoms with Gasteiger partial charge in [-0.05, 0) is 25.0 Å². The summed E-state index contributed by atoms with van der Waals surface area (Å²) < 4.78 is 4.77. The van der Waals surface area contributed by atoms with Gasteiger partial charge in [0.2, 0.25) is 0 Å². The molecule has 0 spiro atoms. The van der Waals surface area contributed by atoms with Gasteiger partial charge in [0.25, 0.3) is 5.69 Å². The summed E-state index contributed by atoms with van der Waals surface area (Å²) in [5, 5.41) is 10.6. The molecular formula is C13H15NO4. The van der Waals surface area contributed by atoms with Gasteiger partial charge in [0.15, 0.2) is 0 Å². The molecule has 0 heterocycles. The second-order valence-electron chi connectivity index (χ2n) is 3.71. The van der Waals surface area contributed by atoms with E-state index in [1.54, 1.807) is 25.1 Å². The van der Waals surface area contributed by atoms with Gasteiger partial charge in [0.1, 0.15) is 0 Å². The normalized spacial score (nSPS) is 10.6. The van der Waals surface area contributed by atoms with Crippen molar-refractivity contribution in [2.75, 3.05) is 6.61 Å². The minimum atomic E-state index is -0.442. The smallest absolute Gasteiger partial charge is 0.309 e. The zero-order valence-corrected chi connectivity index (χ0v) is 10.4. The van der Waals surface area contributed by atoms with Crippen molar-refractivity contribution in [3.63, 3.8) is 0 Å². The Kier molecular flexibility index (Phi) is 5.05. The van der Waals surface area contributed by atoms with Crippen LogP contribution in [0.15, 0.2) is 24.3 Å². The van der Waals surface area contributed by atoms with Crippen LogP contribution in [0.5, 0.6) is 0 Å². The third-order valence-electron chi connectivity index (χ3n) is 2.36. The number of hydrogen-bond acceptors (Lipinski definition) is 4. The molecule has 0 amide bonds. The summed E-state index contributed by atoms with van der Waals surface area (Å²) in [6.45, 7) is 3.95. The number of esters is 1. The summed E-state index contributed by atoms with van der Waals surface area (Å²) in [7, 11) is 0. The van der Waals surface area contributed by atoms with Gasteiger partial charge in [0, 0.05) is 12.1 Å². The van der Waals surface area contributed by atoms with E-state index in [0.29, 0.717) is 6.61 Å². The molecule has 18 heavy (non-hydrogen) atoms. The average Bonchev–Trinajstić information content (AvgIpc) is 2.31. The quantitative estimate of drug-likeness (QED) is 0.457. The zero-order chi connectivity index (χ0) is 13.5. The Morgan fingerprint density at radius 2 is 2.22 bits per heavy atom. The molecule has 0 bridgehead atoms. The van der Waals surface area contributed by atoms with Gasteiger partial charge in [0.05, 0.1) is 18.0 Å². The number of aryl methyl sites for hydroxylation is 1. The first kappa shape index (κ1) is 13.9. The number of benzene rings is 1. The fraction of sp³-hybridized carbons (Fsp3) is 0.308. The van der Waals surface area contributed by atoms with Gasteiger partial charge in [-0.2, -0.15) is 0 Å². The van der Waals surface area contributed by atoms with Gasteiger partial charge in [-0.3, -0.25) is 14.9 Å². The number of carbonyl (C=O) groups is 1. The number of nitro groups is 1. The van der Waals surface area contributed by atoms with Gasteiger partial charge in [-0.1, -0.05) is 18.2 Å². The summed E-state index contributed by atoms with van der Waals surface area (Å²) >= 11 is 0. The lowest BCUT2D eigenvalue weighted by atomic mass is 10.1. The van der Waals surface area contributed by atoms with E-state index < -0.39 is 4.92 Å². The highest BCUT2D eigenvalue weighted by Crippen LogP contribution is 2.18. The molecule has 5 nitrogen and oxygen atoms in total. The van der Waals surface area contributed by atoms with Crippen LogP contribution in [0.25, 0.3) is 6.08 Å². The summed E-state index contributed by atoms with van der Waals surface area (Å²) in [6.07, 6.45) is 3.50. The van der Waals surface area contributed by atoms with Crippen LogP contribution in [0, 0.1) is 17.0 Å². The molecule has 5 heteroatoms. The maximum atomic E-state index is 11.1. The van der Waals surface area contributed by atoms with Crippen LogP contribution in [0.3, 0.4) is 0 Å². The predicted octanol–water partition coefficient (Wildman–Crippen LogP) is 2.87.